The topological polar surface area (TPSA) is 45.2 Å². The Morgan fingerprint density at radius 1 is 0.964 bits per heavy atom. The Morgan fingerprint density at radius 2 is 1.57 bits per heavy atom. The second kappa shape index (κ2) is 12.0. The van der Waals surface area contributed by atoms with Crippen molar-refractivity contribution in [2.45, 2.75) is 6.10 Å². The Balaban J connectivity index is 0.00000196. The maximum atomic E-state index is 13.5. The summed E-state index contributed by atoms with van der Waals surface area (Å²) in [4.78, 5) is 4.48. The molecule has 1 atom stereocenters. The van der Waals surface area contributed by atoms with Gasteiger partial charge in [-0.15, -0.1) is 24.8 Å². The van der Waals surface area contributed by atoms with Gasteiger partial charge in [0.1, 0.15) is 18.5 Å². The molecule has 0 bridgehead atoms. The van der Waals surface area contributed by atoms with Crippen LogP contribution in [0.15, 0.2) is 48.5 Å². The molecule has 8 heteroatoms. The number of rotatable bonds is 7. The molecule has 2 aromatic carbocycles. The van der Waals surface area contributed by atoms with E-state index < -0.39 is 11.9 Å². The normalized spacial score (nSPS) is 15.2. The minimum Gasteiger partial charge on any atom is -0.495 e. The number of benzene rings is 2. The fraction of sp³-hybridized carbons (Fsp3) is 0.400. The first-order valence-corrected chi connectivity index (χ1v) is 8.83. The molecule has 156 valence electrons. The third-order valence-electron chi connectivity index (χ3n) is 4.53. The molecule has 1 N–H and O–H groups in total. The smallest absolute Gasteiger partial charge is 0.165 e. The highest BCUT2D eigenvalue weighted by Gasteiger charge is 2.21. The number of aliphatic hydroxyl groups is 1. The molecule has 1 aliphatic heterocycles. The average molecular weight is 433 g/mol. The molecule has 0 aromatic heterocycles. The fourth-order valence-electron chi connectivity index (χ4n) is 3.16. The molecule has 0 aliphatic carbocycles. The summed E-state index contributed by atoms with van der Waals surface area (Å²) in [5.74, 6) is 0.636. The van der Waals surface area contributed by atoms with Crippen molar-refractivity contribution in [2.75, 3.05) is 51.3 Å². The Hall–Kier alpha value is -1.73. The molecular weight excluding hydrogens is 406 g/mol. The second-order valence-corrected chi connectivity index (χ2v) is 6.35. The Morgan fingerprint density at radius 3 is 2.21 bits per heavy atom. The van der Waals surface area contributed by atoms with E-state index in [0.29, 0.717) is 6.54 Å². The van der Waals surface area contributed by atoms with E-state index in [2.05, 4.69) is 15.9 Å². The van der Waals surface area contributed by atoms with Crippen molar-refractivity contribution in [3.63, 3.8) is 0 Å². The second-order valence-electron chi connectivity index (χ2n) is 6.35. The molecule has 5 nitrogen and oxygen atoms in total. The largest absolute Gasteiger partial charge is 0.495 e. The molecule has 1 unspecified atom stereocenters. The predicted octanol–water partition coefficient (Wildman–Crippen LogP) is 3.24. The van der Waals surface area contributed by atoms with Gasteiger partial charge in [0, 0.05) is 32.7 Å². The van der Waals surface area contributed by atoms with Crippen molar-refractivity contribution < 1.29 is 19.0 Å². The number of hydrogen-bond donors (Lipinski definition) is 1. The molecule has 0 spiro atoms. The molecular formula is C20H27Cl2FN2O3. The standard InChI is InChI=1S/C20H25FN2O3.2ClH/c1-25-20-9-5-3-7-18(20)23-12-10-22(11-13-23)14-16(24)15-26-19-8-4-2-6-17(19)21;;/h2-9,16,24H,10-15H2,1H3;2*1H. The van der Waals surface area contributed by atoms with E-state index in [9.17, 15) is 9.50 Å². The SMILES string of the molecule is COc1ccccc1N1CCN(CC(O)COc2ccccc2F)CC1.Cl.Cl. The van der Waals surface area contributed by atoms with Crippen LogP contribution in [0.5, 0.6) is 11.5 Å². The number of β-amino-alcohol motifs (C(OH)–C–C–N with tert-alkyl or cyclic N) is 1. The number of anilines is 1. The molecule has 1 heterocycles. The van der Waals surface area contributed by atoms with E-state index in [-0.39, 0.29) is 37.2 Å². The summed E-state index contributed by atoms with van der Waals surface area (Å²) in [7, 11) is 1.68. The summed E-state index contributed by atoms with van der Waals surface area (Å²) in [6, 6.07) is 14.2. The average Bonchev–Trinajstić information content (AvgIpc) is 2.68. The molecule has 1 saturated heterocycles. The van der Waals surface area contributed by atoms with Crippen molar-refractivity contribution in [1.29, 1.82) is 0 Å². The first-order chi connectivity index (χ1) is 12.7. The number of aliphatic hydroxyl groups excluding tert-OH is 1. The lowest BCUT2D eigenvalue weighted by molar-refractivity contribution is 0.0649. The van der Waals surface area contributed by atoms with Crippen LogP contribution in [0.3, 0.4) is 0 Å². The van der Waals surface area contributed by atoms with Crippen molar-refractivity contribution in [3.8, 4) is 11.5 Å². The third-order valence-corrected chi connectivity index (χ3v) is 4.53. The van der Waals surface area contributed by atoms with E-state index in [1.54, 1.807) is 25.3 Å². The van der Waals surface area contributed by atoms with Crippen molar-refractivity contribution in [2.24, 2.45) is 0 Å². The first-order valence-electron chi connectivity index (χ1n) is 8.83. The van der Waals surface area contributed by atoms with Gasteiger partial charge in [0.05, 0.1) is 12.8 Å². The quantitative estimate of drug-likeness (QED) is 0.727. The minimum atomic E-state index is -0.660. The van der Waals surface area contributed by atoms with E-state index in [0.717, 1.165) is 37.6 Å². The zero-order valence-electron chi connectivity index (χ0n) is 15.8. The summed E-state index contributed by atoms with van der Waals surface area (Å²) in [6.07, 6.45) is -0.660. The van der Waals surface area contributed by atoms with Crippen LogP contribution in [0.25, 0.3) is 0 Å². The highest BCUT2D eigenvalue weighted by Crippen LogP contribution is 2.28. The van der Waals surface area contributed by atoms with Crippen LogP contribution in [0.4, 0.5) is 10.1 Å². The molecule has 28 heavy (non-hydrogen) atoms. The molecule has 0 amide bonds. The number of piperazine rings is 1. The van der Waals surface area contributed by atoms with E-state index in [1.165, 1.54) is 6.07 Å². The van der Waals surface area contributed by atoms with Gasteiger partial charge in [0.15, 0.2) is 11.6 Å². The first kappa shape index (κ1) is 24.3. The lowest BCUT2D eigenvalue weighted by Crippen LogP contribution is -2.49. The molecule has 2 aromatic rings. The lowest BCUT2D eigenvalue weighted by Gasteiger charge is -2.37. The van der Waals surface area contributed by atoms with Crippen LogP contribution in [0.1, 0.15) is 0 Å². The summed E-state index contributed by atoms with van der Waals surface area (Å²) < 4.78 is 24.3. The van der Waals surface area contributed by atoms with E-state index in [1.807, 2.05) is 18.2 Å². The zero-order chi connectivity index (χ0) is 18.4. The molecule has 3 rings (SSSR count). The minimum absolute atomic E-state index is 0. The van der Waals surface area contributed by atoms with E-state index >= 15 is 0 Å². The number of hydrogen-bond acceptors (Lipinski definition) is 5. The summed E-state index contributed by atoms with van der Waals surface area (Å²) in [5.41, 5.74) is 1.10. The number of halogens is 3. The third kappa shape index (κ3) is 6.41. The Kier molecular flexibility index (Phi) is 10.4. The molecule has 0 saturated carbocycles. The highest BCUT2D eigenvalue weighted by atomic mass is 35.5. The fourth-order valence-corrected chi connectivity index (χ4v) is 3.16. The van der Waals surface area contributed by atoms with E-state index in [4.69, 9.17) is 9.47 Å². The van der Waals surface area contributed by atoms with Crippen LogP contribution in [-0.2, 0) is 0 Å². The maximum Gasteiger partial charge on any atom is 0.165 e. The van der Waals surface area contributed by atoms with Gasteiger partial charge in [0.2, 0.25) is 0 Å². The lowest BCUT2D eigenvalue weighted by atomic mass is 10.2. The summed E-state index contributed by atoms with van der Waals surface area (Å²) in [6.45, 7) is 3.99. The molecule has 1 aliphatic rings. The summed E-state index contributed by atoms with van der Waals surface area (Å²) in [5, 5.41) is 10.2. The van der Waals surface area contributed by atoms with Gasteiger partial charge >= 0.3 is 0 Å². The number of nitrogens with zero attached hydrogens (tertiary/aromatic N) is 2. The van der Waals surface area contributed by atoms with Gasteiger partial charge in [-0.2, -0.15) is 0 Å². The predicted molar refractivity (Wildman–Crippen MR) is 114 cm³/mol. The van der Waals surface area contributed by atoms with Gasteiger partial charge in [0.25, 0.3) is 0 Å². The van der Waals surface area contributed by atoms with Crippen LogP contribution in [0.2, 0.25) is 0 Å². The van der Waals surface area contributed by atoms with Crippen molar-refractivity contribution in [1.82, 2.24) is 4.90 Å². The van der Waals surface area contributed by atoms with Gasteiger partial charge in [-0.3, -0.25) is 4.90 Å². The van der Waals surface area contributed by atoms with Gasteiger partial charge in [-0.25, -0.2) is 4.39 Å². The van der Waals surface area contributed by atoms with Crippen molar-refractivity contribution in [3.05, 3.63) is 54.3 Å². The maximum absolute atomic E-state index is 13.5. The number of ether oxygens (including phenoxy) is 2. The molecule has 0 radical (unpaired) electrons. The number of methoxy groups -OCH3 is 1. The highest BCUT2D eigenvalue weighted by molar-refractivity contribution is 5.85. The van der Waals surface area contributed by atoms with Crippen LogP contribution >= 0.6 is 24.8 Å². The Bertz CT molecular complexity index is 715. The zero-order valence-corrected chi connectivity index (χ0v) is 17.4. The van der Waals surface area contributed by atoms with Crippen LogP contribution in [-0.4, -0.2) is 62.6 Å². The molecule has 1 fully saturated rings. The van der Waals surface area contributed by atoms with Crippen LogP contribution < -0.4 is 14.4 Å². The van der Waals surface area contributed by atoms with Gasteiger partial charge in [-0.1, -0.05) is 24.3 Å². The van der Waals surface area contributed by atoms with Gasteiger partial charge in [-0.05, 0) is 24.3 Å². The summed E-state index contributed by atoms with van der Waals surface area (Å²) >= 11 is 0. The van der Waals surface area contributed by atoms with Gasteiger partial charge < -0.3 is 19.5 Å². The van der Waals surface area contributed by atoms with Crippen LogP contribution in [0, 0.1) is 5.82 Å². The Labute approximate surface area is 177 Å². The monoisotopic (exact) mass is 432 g/mol. The van der Waals surface area contributed by atoms with Crippen molar-refractivity contribution >= 4 is 30.5 Å². The number of para-hydroxylation sites is 3.